The number of benzene rings is 2. The standard InChI is InChI=1S/C21H18ClN3O3/c22-16-4-1-3-14(11-16)19(26)24-17-7-5-15(6-8-17)21(9-2-10-21)25-20(27)18-12-28-13-23-18/h1,3-8,11-13H,2,9-10H2,(H,24,26)(H,25,27). The third-order valence-electron chi connectivity index (χ3n) is 5.01. The van der Waals surface area contributed by atoms with E-state index in [9.17, 15) is 9.59 Å². The third kappa shape index (κ3) is 3.64. The predicted octanol–water partition coefficient (Wildman–Crippen LogP) is 4.39. The maximum absolute atomic E-state index is 12.4. The van der Waals surface area contributed by atoms with Crippen molar-refractivity contribution in [1.82, 2.24) is 10.3 Å². The summed E-state index contributed by atoms with van der Waals surface area (Å²) in [6, 6.07) is 14.3. The van der Waals surface area contributed by atoms with E-state index in [0.29, 0.717) is 16.3 Å². The minimum atomic E-state index is -0.411. The van der Waals surface area contributed by atoms with Crippen molar-refractivity contribution in [3.05, 3.63) is 83.0 Å². The first-order valence-corrected chi connectivity index (χ1v) is 9.32. The van der Waals surface area contributed by atoms with Crippen LogP contribution in [0.4, 0.5) is 5.69 Å². The van der Waals surface area contributed by atoms with Crippen LogP contribution in [-0.4, -0.2) is 16.8 Å². The molecule has 1 aliphatic carbocycles. The first kappa shape index (κ1) is 18.3. The average Bonchev–Trinajstić information content (AvgIpc) is 3.20. The minimum absolute atomic E-state index is 0.229. The molecule has 0 radical (unpaired) electrons. The molecular weight excluding hydrogens is 378 g/mol. The normalized spacial score (nSPS) is 14.8. The Morgan fingerprint density at radius 2 is 1.86 bits per heavy atom. The number of amides is 2. The maximum Gasteiger partial charge on any atom is 0.273 e. The molecule has 0 atom stereocenters. The van der Waals surface area contributed by atoms with E-state index in [4.69, 9.17) is 16.0 Å². The van der Waals surface area contributed by atoms with Gasteiger partial charge in [-0.15, -0.1) is 0 Å². The van der Waals surface area contributed by atoms with Gasteiger partial charge < -0.3 is 15.1 Å². The second-order valence-electron chi connectivity index (χ2n) is 6.81. The Labute approximate surface area is 166 Å². The maximum atomic E-state index is 12.4. The van der Waals surface area contributed by atoms with Crippen LogP contribution in [0.3, 0.4) is 0 Å². The summed E-state index contributed by atoms with van der Waals surface area (Å²) in [7, 11) is 0. The SMILES string of the molecule is O=C(Nc1ccc(C2(NC(=O)c3cocn3)CCC2)cc1)c1cccc(Cl)c1. The number of hydrogen-bond donors (Lipinski definition) is 2. The van der Waals surface area contributed by atoms with Crippen LogP contribution >= 0.6 is 11.6 Å². The molecule has 4 rings (SSSR count). The molecule has 1 fully saturated rings. The van der Waals surface area contributed by atoms with Crippen LogP contribution in [0, 0.1) is 0 Å². The molecule has 1 aromatic heterocycles. The molecule has 0 unspecified atom stereocenters. The Hall–Kier alpha value is -3.12. The fraction of sp³-hybridized carbons (Fsp3) is 0.190. The smallest absolute Gasteiger partial charge is 0.273 e. The number of hydrogen-bond acceptors (Lipinski definition) is 4. The summed E-state index contributed by atoms with van der Waals surface area (Å²) in [6.07, 6.45) is 5.30. The molecule has 0 aliphatic heterocycles. The summed E-state index contributed by atoms with van der Waals surface area (Å²) in [5.41, 5.74) is 2.01. The van der Waals surface area contributed by atoms with Gasteiger partial charge in [-0.25, -0.2) is 4.98 Å². The van der Waals surface area contributed by atoms with Crippen LogP contribution in [0.1, 0.15) is 45.7 Å². The molecule has 0 saturated heterocycles. The Kier molecular flexibility index (Phi) is 4.88. The number of anilines is 1. The van der Waals surface area contributed by atoms with Crippen molar-refractivity contribution in [2.45, 2.75) is 24.8 Å². The first-order chi connectivity index (χ1) is 13.6. The van der Waals surface area contributed by atoms with Gasteiger partial charge in [0.05, 0.1) is 5.54 Å². The Morgan fingerprint density at radius 3 is 2.46 bits per heavy atom. The molecule has 1 aliphatic rings. The Morgan fingerprint density at radius 1 is 1.07 bits per heavy atom. The van der Waals surface area contributed by atoms with E-state index in [1.807, 2.05) is 24.3 Å². The highest BCUT2D eigenvalue weighted by Gasteiger charge is 2.40. The van der Waals surface area contributed by atoms with Crippen molar-refractivity contribution in [3.63, 3.8) is 0 Å². The highest BCUT2D eigenvalue weighted by atomic mass is 35.5. The topological polar surface area (TPSA) is 84.2 Å². The largest absolute Gasteiger partial charge is 0.451 e. The summed E-state index contributed by atoms with van der Waals surface area (Å²) < 4.78 is 4.88. The van der Waals surface area contributed by atoms with E-state index < -0.39 is 5.54 Å². The van der Waals surface area contributed by atoms with Crippen molar-refractivity contribution in [2.24, 2.45) is 0 Å². The molecule has 28 heavy (non-hydrogen) atoms. The van der Waals surface area contributed by atoms with Crippen LogP contribution < -0.4 is 10.6 Å². The summed E-state index contributed by atoms with van der Waals surface area (Å²) in [4.78, 5) is 28.6. The van der Waals surface area contributed by atoms with E-state index in [1.54, 1.807) is 24.3 Å². The van der Waals surface area contributed by atoms with Crippen LogP contribution in [0.5, 0.6) is 0 Å². The zero-order valence-electron chi connectivity index (χ0n) is 14.9. The predicted molar refractivity (Wildman–Crippen MR) is 105 cm³/mol. The highest BCUT2D eigenvalue weighted by Crippen LogP contribution is 2.41. The van der Waals surface area contributed by atoms with E-state index in [1.165, 1.54) is 12.7 Å². The summed E-state index contributed by atoms with van der Waals surface area (Å²) in [5.74, 6) is -0.486. The molecule has 7 heteroatoms. The van der Waals surface area contributed by atoms with Gasteiger partial charge >= 0.3 is 0 Å². The van der Waals surface area contributed by atoms with Crippen LogP contribution in [0.2, 0.25) is 5.02 Å². The number of rotatable bonds is 5. The lowest BCUT2D eigenvalue weighted by Gasteiger charge is -2.43. The fourth-order valence-corrected chi connectivity index (χ4v) is 3.52. The molecule has 2 amide bonds. The lowest BCUT2D eigenvalue weighted by Crippen LogP contribution is -2.50. The summed E-state index contributed by atoms with van der Waals surface area (Å²) in [6.45, 7) is 0. The lowest BCUT2D eigenvalue weighted by molar-refractivity contribution is 0.0818. The van der Waals surface area contributed by atoms with Gasteiger partial charge in [-0.1, -0.05) is 29.8 Å². The number of oxazole rings is 1. The molecule has 0 bridgehead atoms. The minimum Gasteiger partial charge on any atom is -0.451 e. The molecule has 1 heterocycles. The van der Waals surface area contributed by atoms with Crippen LogP contribution in [0.15, 0.2) is 65.6 Å². The van der Waals surface area contributed by atoms with Crippen molar-refractivity contribution in [3.8, 4) is 0 Å². The monoisotopic (exact) mass is 395 g/mol. The van der Waals surface area contributed by atoms with E-state index >= 15 is 0 Å². The van der Waals surface area contributed by atoms with Crippen molar-refractivity contribution in [2.75, 3.05) is 5.32 Å². The lowest BCUT2D eigenvalue weighted by atomic mass is 9.71. The van der Waals surface area contributed by atoms with Gasteiger partial charge in [0.2, 0.25) is 0 Å². The zero-order chi connectivity index (χ0) is 19.6. The van der Waals surface area contributed by atoms with Gasteiger partial charge in [-0.2, -0.15) is 0 Å². The number of carbonyl (C=O) groups is 2. The van der Waals surface area contributed by atoms with Gasteiger partial charge in [0.25, 0.3) is 11.8 Å². The first-order valence-electron chi connectivity index (χ1n) is 8.94. The van der Waals surface area contributed by atoms with Gasteiger partial charge in [0.1, 0.15) is 6.26 Å². The molecule has 2 aromatic carbocycles. The fourth-order valence-electron chi connectivity index (χ4n) is 3.33. The zero-order valence-corrected chi connectivity index (χ0v) is 15.7. The van der Waals surface area contributed by atoms with Crippen molar-refractivity contribution >= 4 is 29.1 Å². The number of aromatic nitrogens is 1. The second-order valence-corrected chi connectivity index (χ2v) is 7.24. The number of nitrogens with one attached hydrogen (secondary N) is 2. The van der Waals surface area contributed by atoms with Crippen LogP contribution in [-0.2, 0) is 5.54 Å². The molecule has 0 spiro atoms. The Balaban J connectivity index is 1.47. The third-order valence-corrected chi connectivity index (χ3v) is 5.24. The highest BCUT2D eigenvalue weighted by molar-refractivity contribution is 6.31. The van der Waals surface area contributed by atoms with Gasteiger partial charge in [0, 0.05) is 16.3 Å². The molecule has 2 N–H and O–H groups in total. The van der Waals surface area contributed by atoms with E-state index in [-0.39, 0.29) is 17.5 Å². The van der Waals surface area contributed by atoms with E-state index in [2.05, 4.69) is 15.6 Å². The number of carbonyl (C=O) groups excluding carboxylic acids is 2. The van der Waals surface area contributed by atoms with Crippen molar-refractivity contribution in [1.29, 1.82) is 0 Å². The van der Waals surface area contributed by atoms with Crippen LogP contribution in [0.25, 0.3) is 0 Å². The molecule has 6 nitrogen and oxygen atoms in total. The molecule has 3 aromatic rings. The van der Waals surface area contributed by atoms with Crippen molar-refractivity contribution < 1.29 is 14.0 Å². The van der Waals surface area contributed by atoms with Gasteiger partial charge in [-0.05, 0) is 55.2 Å². The van der Waals surface area contributed by atoms with E-state index in [0.717, 1.165) is 24.8 Å². The van der Waals surface area contributed by atoms with Gasteiger partial charge in [0.15, 0.2) is 12.1 Å². The van der Waals surface area contributed by atoms with Gasteiger partial charge in [-0.3, -0.25) is 9.59 Å². The number of nitrogens with zero attached hydrogens (tertiary/aromatic N) is 1. The Bertz CT molecular complexity index is 996. The molecular formula is C21H18ClN3O3. The summed E-state index contributed by atoms with van der Waals surface area (Å²) >= 11 is 5.94. The molecule has 1 saturated carbocycles. The second kappa shape index (κ2) is 7.48. The quantitative estimate of drug-likeness (QED) is 0.671. The average molecular weight is 396 g/mol. The summed E-state index contributed by atoms with van der Waals surface area (Å²) in [5, 5.41) is 6.45. The molecule has 142 valence electrons. The number of halogens is 1.